The third-order valence-electron chi connectivity index (χ3n) is 5.69. The van der Waals surface area contributed by atoms with E-state index >= 15 is 0 Å². The van der Waals surface area contributed by atoms with Gasteiger partial charge in [0.2, 0.25) is 5.78 Å². The molecule has 2 heterocycles. The summed E-state index contributed by atoms with van der Waals surface area (Å²) in [6.45, 7) is 8.92. The number of hydrogen-bond donors (Lipinski definition) is 0. The van der Waals surface area contributed by atoms with Crippen LogP contribution >= 0.6 is 0 Å². The van der Waals surface area contributed by atoms with Crippen molar-refractivity contribution >= 4 is 22.5 Å². The van der Waals surface area contributed by atoms with Crippen LogP contribution in [-0.4, -0.2) is 32.7 Å². The average molecular weight is 438 g/mol. The minimum Gasteiger partial charge on any atom is -0.452 e. The molecule has 0 spiro atoms. The van der Waals surface area contributed by atoms with E-state index in [-0.39, 0.29) is 23.6 Å². The summed E-state index contributed by atoms with van der Waals surface area (Å²) >= 11 is 0. The molecular weight excluding hydrogens is 406 g/mol. The number of carbonyl (C=O) groups is 2. The fraction of sp³-hybridized carbons (Fsp3) is 0.440. The van der Waals surface area contributed by atoms with Gasteiger partial charge in [0.15, 0.2) is 12.3 Å². The summed E-state index contributed by atoms with van der Waals surface area (Å²) in [6.07, 6.45) is 3.73. The molecule has 0 bridgehead atoms. The van der Waals surface area contributed by atoms with Crippen LogP contribution in [0.15, 0.2) is 35.1 Å². The monoisotopic (exact) mass is 437 g/mol. The van der Waals surface area contributed by atoms with Crippen molar-refractivity contribution < 1.29 is 14.3 Å². The molecule has 7 heteroatoms. The Kier molecular flexibility index (Phi) is 7.62. The largest absolute Gasteiger partial charge is 0.452 e. The minimum atomic E-state index is -0.707. The van der Waals surface area contributed by atoms with Gasteiger partial charge in [-0.1, -0.05) is 44.9 Å². The fourth-order valence-corrected chi connectivity index (χ4v) is 3.98. The first kappa shape index (κ1) is 23.4. The number of Topliss-reactive ketones (excluding diaryl/α,β-unsaturated/α-hetero) is 1. The molecule has 170 valence electrons. The van der Waals surface area contributed by atoms with Crippen LogP contribution in [0.3, 0.4) is 0 Å². The van der Waals surface area contributed by atoms with Crippen LogP contribution in [0.25, 0.3) is 10.8 Å². The van der Waals surface area contributed by atoms with Crippen LogP contribution in [0.2, 0.25) is 0 Å². The van der Waals surface area contributed by atoms with Crippen LogP contribution in [0.1, 0.15) is 71.8 Å². The molecule has 0 saturated carbocycles. The van der Waals surface area contributed by atoms with E-state index in [1.54, 1.807) is 24.3 Å². The van der Waals surface area contributed by atoms with Crippen LogP contribution in [0.4, 0.5) is 0 Å². The van der Waals surface area contributed by atoms with Crippen molar-refractivity contribution in [3.8, 4) is 0 Å². The smallest absolute Gasteiger partial charge is 0.359 e. The Balaban J connectivity index is 1.84. The van der Waals surface area contributed by atoms with Crippen LogP contribution in [0, 0.1) is 13.8 Å². The normalized spacial score (nSPS) is 11.1. The highest BCUT2D eigenvalue weighted by Gasteiger charge is 2.21. The number of aromatic nitrogens is 3. The van der Waals surface area contributed by atoms with Crippen LogP contribution in [-0.2, 0) is 17.8 Å². The van der Waals surface area contributed by atoms with Gasteiger partial charge in [0.05, 0.1) is 5.39 Å². The molecule has 7 nitrogen and oxygen atoms in total. The van der Waals surface area contributed by atoms with Crippen molar-refractivity contribution in [3.63, 3.8) is 0 Å². The predicted octanol–water partition coefficient (Wildman–Crippen LogP) is 4.45. The van der Waals surface area contributed by atoms with E-state index in [2.05, 4.69) is 23.5 Å². The highest BCUT2D eigenvalue weighted by Crippen LogP contribution is 2.18. The first-order chi connectivity index (χ1) is 15.4. The number of aryl methyl sites for hydroxylation is 2. The van der Waals surface area contributed by atoms with Gasteiger partial charge in [0.25, 0.3) is 5.56 Å². The molecule has 32 heavy (non-hydrogen) atoms. The van der Waals surface area contributed by atoms with Crippen molar-refractivity contribution in [3.05, 3.63) is 63.3 Å². The van der Waals surface area contributed by atoms with E-state index in [1.807, 2.05) is 19.9 Å². The number of ether oxygens (including phenoxy) is 1. The molecular formula is C25H31N3O4. The SMILES string of the molecule is CCCCCn1nc(C(=O)OCC(=O)c2cc(C)n(CCC)c2C)c2ccccc2c1=O. The lowest BCUT2D eigenvalue weighted by Crippen LogP contribution is -2.27. The number of nitrogens with zero attached hydrogens (tertiary/aromatic N) is 3. The van der Waals surface area contributed by atoms with E-state index in [4.69, 9.17) is 4.74 Å². The second-order valence-corrected chi connectivity index (χ2v) is 8.07. The maximum absolute atomic E-state index is 12.9. The number of unbranched alkanes of at least 4 members (excludes halogenated alkanes) is 2. The van der Waals surface area contributed by atoms with Crippen molar-refractivity contribution in [2.75, 3.05) is 6.61 Å². The molecule has 0 aliphatic heterocycles. The third kappa shape index (κ3) is 4.82. The molecule has 0 unspecified atom stereocenters. The lowest BCUT2D eigenvalue weighted by Gasteiger charge is -2.11. The van der Waals surface area contributed by atoms with Gasteiger partial charge in [-0.2, -0.15) is 5.10 Å². The van der Waals surface area contributed by atoms with Crippen LogP contribution in [0.5, 0.6) is 0 Å². The van der Waals surface area contributed by atoms with Gasteiger partial charge in [-0.15, -0.1) is 0 Å². The number of hydrogen-bond acceptors (Lipinski definition) is 5. The summed E-state index contributed by atoms with van der Waals surface area (Å²) in [5.41, 5.74) is 2.27. The lowest BCUT2D eigenvalue weighted by atomic mass is 10.1. The van der Waals surface area contributed by atoms with Gasteiger partial charge in [-0.05, 0) is 38.8 Å². The lowest BCUT2D eigenvalue weighted by molar-refractivity contribution is 0.0468. The molecule has 3 rings (SSSR count). The van der Waals surface area contributed by atoms with Gasteiger partial charge in [-0.25, -0.2) is 9.48 Å². The van der Waals surface area contributed by atoms with Crippen molar-refractivity contribution in [1.29, 1.82) is 0 Å². The molecule has 1 aromatic carbocycles. The van der Waals surface area contributed by atoms with Gasteiger partial charge < -0.3 is 9.30 Å². The van der Waals surface area contributed by atoms with E-state index < -0.39 is 5.97 Å². The number of fused-ring (bicyclic) bond motifs is 1. The Morgan fingerprint density at radius 1 is 1.00 bits per heavy atom. The number of esters is 1. The Morgan fingerprint density at radius 3 is 2.41 bits per heavy atom. The summed E-state index contributed by atoms with van der Waals surface area (Å²) in [5.74, 6) is -0.962. The Labute approximate surface area is 188 Å². The zero-order valence-electron chi connectivity index (χ0n) is 19.3. The topological polar surface area (TPSA) is 83.2 Å². The van der Waals surface area contributed by atoms with Gasteiger partial charge >= 0.3 is 5.97 Å². The predicted molar refractivity (Wildman–Crippen MR) is 124 cm³/mol. The molecule has 0 fully saturated rings. The Morgan fingerprint density at radius 2 is 1.72 bits per heavy atom. The highest BCUT2D eigenvalue weighted by molar-refractivity contribution is 6.04. The first-order valence-electron chi connectivity index (χ1n) is 11.3. The summed E-state index contributed by atoms with van der Waals surface area (Å²) in [4.78, 5) is 38.4. The van der Waals surface area contributed by atoms with Gasteiger partial charge in [-0.3, -0.25) is 9.59 Å². The number of rotatable bonds is 10. The average Bonchev–Trinajstić information content (AvgIpc) is 3.07. The highest BCUT2D eigenvalue weighted by atomic mass is 16.5. The van der Waals surface area contributed by atoms with Crippen molar-refractivity contribution in [2.45, 2.75) is 66.5 Å². The van der Waals surface area contributed by atoms with Crippen LogP contribution < -0.4 is 5.56 Å². The van der Waals surface area contributed by atoms with E-state index in [9.17, 15) is 14.4 Å². The molecule has 2 aromatic heterocycles. The molecule has 0 N–H and O–H groups in total. The first-order valence-corrected chi connectivity index (χ1v) is 11.3. The number of carbonyl (C=O) groups excluding carboxylic acids is 2. The summed E-state index contributed by atoms with van der Waals surface area (Å²) in [7, 11) is 0. The molecule has 3 aromatic rings. The quantitative estimate of drug-likeness (QED) is 0.266. The second kappa shape index (κ2) is 10.4. The van der Waals surface area contributed by atoms with Gasteiger partial charge in [0.1, 0.15) is 0 Å². The van der Waals surface area contributed by atoms with E-state index in [0.29, 0.717) is 22.9 Å². The molecule has 0 aliphatic rings. The van der Waals surface area contributed by atoms with E-state index in [1.165, 1.54) is 4.68 Å². The molecule has 0 aliphatic carbocycles. The van der Waals surface area contributed by atoms with Crippen molar-refractivity contribution in [1.82, 2.24) is 14.3 Å². The van der Waals surface area contributed by atoms with Crippen molar-refractivity contribution in [2.24, 2.45) is 0 Å². The maximum atomic E-state index is 12.9. The Bertz CT molecular complexity index is 1190. The number of ketones is 1. The zero-order chi connectivity index (χ0) is 23.3. The maximum Gasteiger partial charge on any atom is 0.359 e. The zero-order valence-corrected chi connectivity index (χ0v) is 19.3. The third-order valence-corrected chi connectivity index (χ3v) is 5.69. The molecule has 0 amide bonds. The molecule has 0 radical (unpaired) electrons. The standard InChI is InChI=1S/C25H31N3O4/c1-5-7-10-14-28-24(30)20-12-9-8-11-19(20)23(26-28)25(31)32-16-22(29)21-15-17(3)27(13-6-2)18(21)4/h8-9,11-12,15H,5-7,10,13-14,16H2,1-4H3. The molecule has 0 saturated heterocycles. The minimum absolute atomic E-state index is 0.0564. The van der Waals surface area contributed by atoms with Gasteiger partial charge in [0, 0.05) is 35.4 Å². The fourth-order valence-electron chi connectivity index (χ4n) is 3.98. The second-order valence-electron chi connectivity index (χ2n) is 8.07. The Hall–Kier alpha value is -3.22. The summed E-state index contributed by atoms with van der Waals surface area (Å²) in [6, 6.07) is 8.69. The van der Waals surface area contributed by atoms with E-state index in [0.717, 1.165) is 43.6 Å². The summed E-state index contributed by atoms with van der Waals surface area (Å²) < 4.78 is 8.78. The number of benzene rings is 1. The molecule has 0 atom stereocenters. The summed E-state index contributed by atoms with van der Waals surface area (Å²) in [5, 5.41) is 5.15.